The van der Waals surface area contributed by atoms with Crippen molar-refractivity contribution in [3.05, 3.63) is 58.9 Å². The summed E-state index contributed by atoms with van der Waals surface area (Å²) in [6.45, 7) is 4.11. The highest BCUT2D eigenvalue weighted by atomic mass is 19.1. The smallest absolute Gasteiger partial charge is 0.338 e. The SMILES string of the molecule is Cc1cc(N2CCCC2)ccc1OCc1cccc(C(=O)O)c1F. The molecule has 1 aliphatic heterocycles. The van der Waals surface area contributed by atoms with Gasteiger partial charge in [-0.25, -0.2) is 9.18 Å². The van der Waals surface area contributed by atoms with Gasteiger partial charge in [-0.2, -0.15) is 0 Å². The third kappa shape index (κ3) is 3.35. The highest BCUT2D eigenvalue weighted by Gasteiger charge is 2.15. The zero-order chi connectivity index (χ0) is 17.1. The minimum atomic E-state index is -1.28. The van der Waals surface area contributed by atoms with Crippen LogP contribution in [0.5, 0.6) is 5.75 Å². The summed E-state index contributed by atoms with van der Waals surface area (Å²) in [5, 5.41) is 8.97. The highest BCUT2D eigenvalue weighted by Crippen LogP contribution is 2.27. The van der Waals surface area contributed by atoms with Crippen LogP contribution < -0.4 is 9.64 Å². The van der Waals surface area contributed by atoms with E-state index in [2.05, 4.69) is 11.0 Å². The summed E-state index contributed by atoms with van der Waals surface area (Å²) in [4.78, 5) is 13.3. The van der Waals surface area contributed by atoms with E-state index in [0.29, 0.717) is 5.75 Å². The van der Waals surface area contributed by atoms with Crippen molar-refractivity contribution in [2.45, 2.75) is 26.4 Å². The summed E-state index contributed by atoms with van der Waals surface area (Å²) < 4.78 is 19.8. The van der Waals surface area contributed by atoms with Crippen LogP contribution in [0.1, 0.15) is 34.3 Å². The number of ether oxygens (including phenoxy) is 1. The predicted octanol–water partition coefficient (Wildman–Crippen LogP) is 4.01. The first kappa shape index (κ1) is 16.3. The zero-order valence-electron chi connectivity index (χ0n) is 13.6. The van der Waals surface area contributed by atoms with E-state index in [0.717, 1.165) is 18.7 Å². The Kier molecular flexibility index (Phi) is 4.69. The number of carboxylic acid groups (broad SMARTS) is 1. The Bertz CT molecular complexity index is 754. The fourth-order valence-electron chi connectivity index (χ4n) is 2.98. The molecule has 0 bridgehead atoms. The van der Waals surface area contributed by atoms with Crippen LogP contribution in [-0.2, 0) is 6.61 Å². The normalized spacial score (nSPS) is 14.0. The topological polar surface area (TPSA) is 49.8 Å². The highest BCUT2D eigenvalue weighted by molar-refractivity contribution is 5.88. The molecule has 4 nitrogen and oxygen atoms in total. The van der Waals surface area contributed by atoms with E-state index < -0.39 is 11.8 Å². The summed E-state index contributed by atoms with van der Waals surface area (Å²) in [7, 11) is 0. The zero-order valence-corrected chi connectivity index (χ0v) is 13.6. The molecule has 126 valence electrons. The van der Waals surface area contributed by atoms with Crippen molar-refractivity contribution in [2.24, 2.45) is 0 Å². The van der Waals surface area contributed by atoms with Crippen LogP contribution in [0.4, 0.5) is 10.1 Å². The van der Waals surface area contributed by atoms with E-state index in [1.807, 2.05) is 19.1 Å². The first-order chi connectivity index (χ1) is 11.6. The van der Waals surface area contributed by atoms with Crippen LogP contribution in [0.15, 0.2) is 36.4 Å². The second-order valence-electron chi connectivity index (χ2n) is 6.02. The lowest BCUT2D eigenvalue weighted by Gasteiger charge is -2.19. The van der Waals surface area contributed by atoms with Gasteiger partial charge < -0.3 is 14.7 Å². The fourth-order valence-corrected chi connectivity index (χ4v) is 2.98. The third-order valence-electron chi connectivity index (χ3n) is 4.32. The van der Waals surface area contributed by atoms with Gasteiger partial charge in [-0.3, -0.25) is 0 Å². The average Bonchev–Trinajstić information content (AvgIpc) is 3.09. The number of anilines is 1. The summed E-state index contributed by atoms with van der Waals surface area (Å²) in [6, 6.07) is 10.3. The molecule has 2 aromatic rings. The second kappa shape index (κ2) is 6.91. The van der Waals surface area contributed by atoms with Crippen LogP contribution in [0.3, 0.4) is 0 Å². The van der Waals surface area contributed by atoms with E-state index >= 15 is 0 Å². The first-order valence-corrected chi connectivity index (χ1v) is 8.05. The molecule has 24 heavy (non-hydrogen) atoms. The molecule has 0 radical (unpaired) electrons. The number of halogens is 1. The predicted molar refractivity (Wildman–Crippen MR) is 90.3 cm³/mol. The number of hydrogen-bond acceptors (Lipinski definition) is 3. The fraction of sp³-hybridized carbons (Fsp3) is 0.316. The van der Waals surface area contributed by atoms with Gasteiger partial charge in [0.05, 0.1) is 5.56 Å². The molecule has 1 N–H and O–H groups in total. The molecule has 0 unspecified atom stereocenters. The van der Waals surface area contributed by atoms with Crippen molar-refractivity contribution >= 4 is 11.7 Å². The van der Waals surface area contributed by atoms with Crippen LogP contribution in [0.25, 0.3) is 0 Å². The molecule has 3 rings (SSSR count). The van der Waals surface area contributed by atoms with Crippen LogP contribution in [0, 0.1) is 12.7 Å². The van der Waals surface area contributed by atoms with Gasteiger partial charge in [0.25, 0.3) is 0 Å². The molecule has 0 amide bonds. The van der Waals surface area contributed by atoms with Crippen molar-refractivity contribution in [3.8, 4) is 5.75 Å². The Labute approximate surface area is 140 Å². The Morgan fingerprint density at radius 3 is 2.67 bits per heavy atom. The van der Waals surface area contributed by atoms with Gasteiger partial charge in [0, 0.05) is 24.3 Å². The lowest BCUT2D eigenvalue weighted by molar-refractivity contribution is 0.0691. The van der Waals surface area contributed by atoms with Gasteiger partial charge in [0.2, 0.25) is 0 Å². The summed E-state index contributed by atoms with van der Waals surface area (Å²) >= 11 is 0. The van der Waals surface area contributed by atoms with Gasteiger partial charge in [0.15, 0.2) is 0 Å². The molecule has 1 saturated heterocycles. The number of carboxylic acids is 1. The lowest BCUT2D eigenvalue weighted by atomic mass is 10.1. The molecule has 0 saturated carbocycles. The van der Waals surface area contributed by atoms with Crippen LogP contribution in [0.2, 0.25) is 0 Å². The number of rotatable bonds is 5. The van der Waals surface area contributed by atoms with Crippen molar-refractivity contribution < 1.29 is 19.0 Å². The maximum absolute atomic E-state index is 14.1. The minimum absolute atomic E-state index is 0.00312. The van der Waals surface area contributed by atoms with E-state index in [4.69, 9.17) is 9.84 Å². The maximum Gasteiger partial charge on any atom is 0.338 e. The van der Waals surface area contributed by atoms with E-state index in [1.165, 1.54) is 36.7 Å². The molecule has 1 aliphatic rings. The van der Waals surface area contributed by atoms with Crippen molar-refractivity contribution in [2.75, 3.05) is 18.0 Å². The van der Waals surface area contributed by atoms with E-state index in [9.17, 15) is 9.18 Å². The van der Waals surface area contributed by atoms with Gasteiger partial charge >= 0.3 is 5.97 Å². The standard InChI is InChI=1S/C19H20FNO3/c1-13-11-15(21-9-2-3-10-21)7-8-17(13)24-12-14-5-4-6-16(18(14)20)19(22)23/h4-8,11H,2-3,9-10,12H2,1H3,(H,22,23). The van der Waals surface area contributed by atoms with Crippen molar-refractivity contribution in [1.82, 2.24) is 0 Å². The average molecular weight is 329 g/mol. The largest absolute Gasteiger partial charge is 0.489 e. The molecule has 5 heteroatoms. The van der Waals surface area contributed by atoms with E-state index in [-0.39, 0.29) is 17.7 Å². The summed E-state index contributed by atoms with van der Waals surface area (Å²) in [6.07, 6.45) is 2.44. The van der Waals surface area contributed by atoms with Gasteiger partial charge in [-0.05, 0) is 49.6 Å². The number of aryl methyl sites for hydroxylation is 1. The number of carbonyl (C=O) groups is 1. The van der Waals surface area contributed by atoms with Gasteiger partial charge in [-0.1, -0.05) is 12.1 Å². The van der Waals surface area contributed by atoms with Gasteiger partial charge in [0.1, 0.15) is 18.2 Å². The molecule has 2 aromatic carbocycles. The number of hydrogen-bond donors (Lipinski definition) is 1. The monoisotopic (exact) mass is 329 g/mol. The number of nitrogens with zero attached hydrogens (tertiary/aromatic N) is 1. The molecule has 1 heterocycles. The Morgan fingerprint density at radius 1 is 1.25 bits per heavy atom. The quantitative estimate of drug-likeness (QED) is 0.900. The summed E-state index contributed by atoms with van der Waals surface area (Å²) in [5.41, 5.74) is 2.06. The Balaban J connectivity index is 1.73. The molecule has 0 spiro atoms. The molecule has 0 aromatic heterocycles. The minimum Gasteiger partial charge on any atom is -0.489 e. The Hall–Kier alpha value is -2.56. The molecule has 0 aliphatic carbocycles. The van der Waals surface area contributed by atoms with Gasteiger partial charge in [-0.15, -0.1) is 0 Å². The lowest BCUT2D eigenvalue weighted by Crippen LogP contribution is -2.17. The Morgan fingerprint density at radius 2 is 2.00 bits per heavy atom. The van der Waals surface area contributed by atoms with Crippen LogP contribution >= 0.6 is 0 Å². The molecular formula is C19H20FNO3. The van der Waals surface area contributed by atoms with E-state index in [1.54, 1.807) is 0 Å². The number of aromatic carboxylic acids is 1. The number of benzene rings is 2. The first-order valence-electron chi connectivity index (χ1n) is 8.05. The molecule has 0 atom stereocenters. The second-order valence-corrected chi connectivity index (χ2v) is 6.02. The molecular weight excluding hydrogens is 309 g/mol. The van der Waals surface area contributed by atoms with Crippen molar-refractivity contribution in [3.63, 3.8) is 0 Å². The maximum atomic E-state index is 14.1. The van der Waals surface area contributed by atoms with Crippen LogP contribution in [-0.4, -0.2) is 24.2 Å². The van der Waals surface area contributed by atoms with Crippen molar-refractivity contribution in [1.29, 1.82) is 0 Å². The third-order valence-corrected chi connectivity index (χ3v) is 4.32. The summed E-state index contributed by atoms with van der Waals surface area (Å²) in [5.74, 6) is -1.34. The molecule has 1 fully saturated rings.